The SMILES string of the molecule is COc1cccc(-c2c(C)c(C)cc3[cH-]c(-c4ccc(C)o4)cc23)c1.COc1cccc(-c2c(C)c(C)cc3[cH-]c(-c4ccc(C)o4)cc23)c1.C[Si](C)=[Zr]([Cl])[Cl]. The number of hydrogen-bond acceptors (Lipinski definition) is 4. The van der Waals surface area contributed by atoms with E-state index in [4.69, 9.17) is 35.3 Å². The van der Waals surface area contributed by atoms with E-state index in [1.807, 2.05) is 62.4 Å². The first-order chi connectivity index (χ1) is 26.8. The van der Waals surface area contributed by atoms with E-state index < -0.39 is 18.0 Å². The second kappa shape index (κ2) is 18.0. The van der Waals surface area contributed by atoms with Gasteiger partial charge in [0.15, 0.2) is 0 Å². The minimum absolute atomic E-state index is 0.224. The molecule has 0 radical (unpaired) electrons. The van der Waals surface area contributed by atoms with Gasteiger partial charge in [-0.1, -0.05) is 57.6 Å². The first-order valence-corrected chi connectivity index (χ1v) is 31.1. The molecule has 0 aliphatic rings. The van der Waals surface area contributed by atoms with Crippen LogP contribution in [0.5, 0.6) is 11.5 Å². The van der Waals surface area contributed by atoms with Crippen molar-refractivity contribution in [2.24, 2.45) is 0 Å². The number of methoxy groups -OCH3 is 2. The van der Waals surface area contributed by atoms with Crippen LogP contribution in [0.4, 0.5) is 0 Å². The molecule has 288 valence electrons. The van der Waals surface area contributed by atoms with Gasteiger partial charge in [0.05, 0.1) is 37.3 Å². The maximum atomic E-state index is 5.82. The summed E-state index contributed by atoms with van der Waals surface area (Å²) in [6, 6.07) is 38.0. The van der Waals surface area contributed by atoms with Gasteiger partial charge in [-0.2, -0.15) is 0 Å². The number of ether oxygens (including phenoxy) is 2. The molecule has 0 aliphatic carbocycles. The molecule has 0 bridgehead atoms. The fourth-order valence-corrected chi connectivity index (χ4v) is 6.97. The minimum atomic E-state index is -1.65. The summed E-state index contributed by atoms with van der Waals surface area (Å²) < 4.78 is 22.5. The number of rotatable bonds is 6. The van der Waals surface area contributed by atoms with Gasteiger partial charge >= 0.3 is 53.5 Å². The molecule has 0 saturated carbocycles. The van der Waals surface area contributed by atoms with Crippen LogP contribution in [0.15, 0.2) is 118 Å². The van der Waals surface area contributed by atoms with Crippen LogP contribution >= 0.6 is 17.0 Å². The van der Waals surface area contributed by atoms with Gasteiger partial charge in [-0.15, -0.1) is 57.9 Å². The normalized spacial score (nSPS) is 10.9. The van der Waals surface area contributed by atoms with Crippen LogP contribution in [0.2, 0.25) is 13.1 Å². The van der Waals surface area contributed by atoms with Crippen molar-refractivity contribution < 1.29 is 36.3 Å². The molecule has 8 rings (SSSR count). The summed E-state index contributed by atoms with van der Waals surface area (Å²) in [7, 11) is 14.7. The molecule has 6 aromatic carbocycles. The molecule has 0 N–H and O–H groups in total. The fraction of sp³-hybridized carbons (Fsp3) is 0.208. The molecule has 0 aliphatic heterocycles. The molecule has 8 aromatic rings. The summed E-state index contributed by atoms with van der Waals surface area (Å²) in [5, 5.41) is 4.98. The number of benzene rings is 4. The Bertz CT molecular complexity index is 2500. The molecule has 0 saturated heterocycles. The molecule has 56 heavy (non-hydrogen) atoms. The summed E-state index contributed by atoms with van der Waals surface area (Å²) in [6.45, 7) is 17.0. The number of furan rings is 2. The molecule has 0 atom stereocenters. The standard InChI is InChI=1S/2C23H21O2.C2H6Si.2ClH.Zr/c2*1-14-10-18-11-19(22-9-8-15(2)25-22)13-21(18)23(16(14)3)17-6-5-7-20(12-17)24-4;1-3-2;;;/h2*5-13H,1-4H3;1-2H3;2*1H;/q2*-1;;;;+2/p-2. The van der Waals surface area contributed by atoms with Crippen molar-refractivity contribution in [3.63, 3.8) is 0 Å². The first-order valence-electron chi connectivity index (χ1n) is 18.6. The maximum absolute atomic E-state index is 5.82. The molecule has 2 heterocycles. The van der Waals surface area contributed by atoms with Crippen LogP contribution in [-0.2, 0) is 18.0 Å². The van der Waals surface area contributed by atoms with Gasteiger partial charge in [-0.3, -0.25) is 0 Å². The molecule has 0 amide bonds. The number of aryl methyl sites for hydroxylation is 4. The predicted octanol–water partition coefficient (Wildman–Crippen LogP) is 15.0. The molecular formula is C48H48Cl2O4SiZr-2. The number of fused-ring (bicyclic) bond motifs is 2. The molecule has 2 aromatic heterocycles. The van der Waals surface area contributed by atoms with Gasteiger partial charge < -0.3 is 18.3 Å². The van der Waals surface area contributed by atoms with Crippen molar-refractivity contribution in [3.05, 3.63) is 143 Å². The topological polar surface area (TPSA) is 44.7 Å². The van der Waals surface area contributed by atoms with Gasteiger partial charge in [-0.25, -0.2) is 0 Å². The number of hydrogen-bond donors (Lipinski definition) is 0. The third kappa shape index (κ3) is 9.21. The predicted molar refractivity (Wildman–Crippen MR) is 236 cm³/mol. The van der Waals surface area contributed by atoms with Gasteiger partial charge in [0, 0.05) is 0 Å². The molecule has 8 heteroatoms. The van der Waals surface area contributed by atoms with Crippen LogP contribution < -0.4 is 9.47 Å². The fourth-order valence-electron chi connectivity index (χ4n) is 6.97. The van der Waals surface area contributed by atoms with Crippen LogP contribution in [0, 0.1) is 41.5 Å². The summed E-state index contributed by atoms with van der Waals surface area (Å²) in [6.07, 6.45) is 0. The van der Waals surface area contributed by atoms with E-state index in [1.54, 1.807) is 14.2 Å². The van der Waals surface area contributed by atoms with Crippen molar-refractivity contribution in [1.82, 2.24) is 0 Å². The van der Waals surface area contributed by atoms with Crippen LogP contribution in [0.3, 0.4) is 0 Å². The Labute approximate surface area is 346 Å². The van der Waals surface area contributed by atoms with E-state index in [2.05, 4.69) is 101 Å². The van der Waals surface area contributed by atoms with E-state index in [0.717, 1.165) is 45.7 Å². The molecule has 0 fully saturated rings. The Kier molecular flexibility index (Phi) is 13.4. The monoisotopic (exact) mass is 876 g/mol. The summed E-state index contributed by atoms with van der Waals surface area (Å²) in [4.78, 5) is 0. The average molecular weight is 879 g/mol. The van der Waals surface area contributed by atoms with Crippen molar-refractivity contribution in [1.29, 1.82) is 0 Å². The summed E-state index contributed by atoms with van der Waals surface area (Å²) in [5.74, 6) is 5.45. The van der Waals surface area contributed by atoms with E-state index in [1.165, 1.54) is 66.1 Å². The van der Waals surface area contributed by atoms with E-state index in [-0.39, 0.29) is 5.43 Å². The Hall–Kier alpha value is -4.06. The quantitative estimate of drug-likeness (QED) is 0.123. The van der Waals surface area contributed by atoms with Gasteiger partial charge in [0.25, 0.3) is 0 Å². The molecule has 0 spiro atoms. The average Bonchev–Trinajstić information content (AvgIpc) is 4.00. The molecular weight excluding hydrogens is 831 g/mol. The van der Waals surface area contributed by atoms with E-state index in [9.17, 15) is 0 Å². The molecule has 4 nitrogen and oxygen atoms in total. The van der Waals surface area contributed by atoms with Crippen molar-refractivity contribution in [2.75, 3.05) is 14.2 Å². The van der Waals surface area contributed by atoms with Gasteiger partial charge in [0.2, 0.25) is 0 Å². The van der Waals surface area contributed by atoms with E-state index in [0.29, 0.717) is 0 Å². The van der Waals surface area contributed by atoms with Crippen molar-refractivity contribution in [3.8, 4) is 56.4 Å². The Morgan fingerprint density at radius 2 is 0.946 bits per heavy atom. The van der Waals surface area contributed by atoms with Crippen LogP contribution in [0.25, 0.3) is 66.4 Å². The van der Waals surface area contributed by atoms with Crippen LogP contribution in [0.1, 0.15) is 33.8 Å². The summed E-state index contributed by atoms with van der Waals surface area (Å²) >= 11 is -1.65. The zero-order valence-electron chi connectivity index (χ0n) is 33.8. The van der Waals surface area contributed by atoms with E-state index >= 15 is 0 Å². The Balaban J connectivity index is 0.000000166. The second-order valence-electron chi connectivity index (χ2n) is 14.4. The van der Waals surface area contributed by atoms with Crippen molar-refractivity contribution in [2.45, 2.75) is 54.6 Å². The van der Waals surface area contributed by atoms with Crippen LogP contribution in [-0.4, -0.2) is 19.7 Å². The third-order valence-electron chi connectivity index (χ3n) is 10.2. The first kappa shape index (κ1) is 41.6. The zero-order valence-corrected chi connectivity index (χ0v) is 38.8. The van der Waals surface area contributed by atoms with Gasteiger partial charge in [-0.05, 0) is 112 Å². The van der Waals surface area contributed by atoms with Gasteiger partial charge in [0.1, 0.15) is 11.5 Å². The Morgan fingerprint density at radius 3 is 1.27 bits per heavy atom. The number of halogens is 2. The van der Waals surface area contributed by atoms with Crippen molar-refractivity contribution >= 4 is 44.0 Å². The third-order valence-corrected chi connectivity index (χ3v) is 30.0. The second-order valence-corrected chi connectivity index (χ2v) is 37.4. The summed E-state index contributed by atoms with van der Waals surface area (Å²) in [5.41, 5.74) is 12.1. The Morgan fingerprint density at radius 1 is 0.554 bits per heavy atom. The molecule has 0 unspecified atom stereocenters. The zero-order chi connectivity index (χ0) is 40.3.